The fourth-order valence-electron chi connectivity index (χ4n) is 3.03. The Kier molecular flexibility index (Phi) is 6.28. The van der Waals surface area contributed by atoms with Crippen molar-refractivity contribution in [2.75, 3.05) is 11.1 Å². The van der Waals surface area contributed by atoms with Crippen LogP contribution in [0, 0.1) is 17.0 Å². The van der Waals surface area contributed by atoms with E-state index >= 15 is 0 Å². The number of nitro benzene ring substituents is 1. The van der Waals surface area contributed by atoms with Gasteiger partial charge in [0.05, 0.1) is 16.4 Å². The smallest absolute Gasteiger partial charge is 0.270 e. The van der Waals surface area contributed by atoms with Crippen LogP contribution in [0.2, 0.25) is 0 Å². The summed E-state index contributed by atoms with van der Waals surface area (Å²) < 4.78 is 1.87. The van der Waals surface area contributed by atoms with Gasteiger partial charge in [0.25, 0.3) is 5.69 Å². The number of carbonyl (C=O) groups is 1. The number of carbonyl (C=O) groups excluding carboxylic acids is 1. The number of non-ortho nitro benzene ring substituents is 1. The molecule has 1 N–H and O–H groups in total. The molecule has 0 radical (unpaired) electrons. The molecule has 2 aromatic heterocycles. The van der Waals surface area contributed by atoms with Crippen molar-refractivity contribution in [2.24, 2.45) is 7.05 Å². The van der Waals surface area contributed by atoms with Crippen molar-refractivity contribution in [1.29, 1.82) is 0 Å². The lowest BCUT2D eigenvalue weighted by molar-refractivity contribution is -0.384. The lowest BCUT2D eigenvalue weighted by atomic mass is 10.1. The molecular weight excluding hydrogens is 448 g/mol. The Balaban J connectivity index is 1.39. The summed E-state index contributed by atoms with van der Waals surface area (Å²) in [5.74, 6) is 0.661. The molecule has 0 bridgehead atoms. The molecule has 4 rings (SSSR count). The van der Waals surface area contributed by atoms with Gasteiger partial charge in [-0.25, -0.2) is 4.98 Å². The molecule has 0 spiro atoms. The standard InChI is InChI=1S/C21H18N6O3S2/c1-13-6-3-4-9-16(13)19-24-25-21(26(19)2)32-12-18(28)23-20-22-17(11-31-20)14-7-5-8-15(10-14)27(29)30/h3-11H,12H2,1-2H3,(H,22,23,28). The fraction of sp³-hybridized carbons (Fsp3) is 0.143. The van der Waals surface area contributed by atoms with E-state index in [1.165, 1.54) is 35.2 Å². The Morgan fingerprint density at radius 2 is 2.03 bits per heavy atom. The van der Waals surface area contributed by atoms with Crippen LogP contribution in [0.15, 0.2) is 59.1 Å². The SMILES string of the molecule is Cc1ccccc1-c1nnc(SCC(=O)Nc2nc(-c3cccc([N+](=O)[O-])c3)cs2)n1C. The summed E-state index contributed by atoms with van der Waals surface area (Å²) in [6.45, 7) is 2.01. The van der Waals surface area contributed by atoms with E-state index in [4.69, 9.17) is 0 Å². The zero-order valence-corrected chi connectivity index (χ0v) is 18.8. The van der Waals surface area contributed by atoms with Gasteiger partial charge in [-0.1, -0.05) is 48.2 Å². The summed E-state index contributed by atoms with van der Waals surface area (Å²) in [4.78, 5) is 27.3. The number of thioether (sulfide) groups is 1. The molecule has 0 aliphatic rings. The molecule has 0 aliphatic carbocycles. The summed E-state index contributed by atoms with van der Waals surface area (Å²) >= 11 is 2.54. The van der Waals surface area contributed by atoms with Gasteiger partial charge in [-0.2, -0.15) is 0 Å². The number of benzene rings is 2. The zero-order chi connectivity index (χ0) is 22.7. The quantitative estimate of drug-likeness (QED) is 0.241. The van der Waals surface area contributed by atoms with Gasteiger partial charge < -0.3 is 9.88 Å². The average molecular weight is 467 g/mol. The lowest BCUT2D eigenvalue weighted by Crippen LogP contribution is -2.14. The second kappa shape index (κ2) is 9.28. The van der Waals surface area contributed by atoms with Crippen molar-refractivity contribution in [2.45, 2.75) is 12.1 Å². The molecule has 162 valence electrons. The van der Waals surface area contributed by atoms with Crippen molar-refractivity contribution >= 4 is 39.8 Å². The van der Waals surface area contributed by atoms with Crippen LogP contribution in [-0.4, -0.2) is 36.3 Å². The van der Waals surface area contributed by atoms with Crippen molar-refractivity contribution in [1.82, 2.24) is 19.7 Å². The van der Waals surface area contributed by atoms with Crippen LogP contribution in [-0.2, 0) is 11.8 Å². The maximum Gasteiger partial charge on any atom is 0.270 e. The first-order chi connectivity index (χ1) is 15.4. The summed E-state index contributed by atoms with van der Waals surface area (Å²) in [7, 11) is 1.87. The molecular formula is C21H18N6O3S2. The molecule has 0 aliphatic heterocycles. The zero-order valence-electron chi connectivity index (χ0n) is 17.2. The van der Waals surface area contributed by atoms with E-state index in [-0.39, 0.29) is 17.3 Å². The second-order valence-corrected chi connectivity index (χ2v) is 8.66. The predicted molar refractivity (Wildman–Crippen MR) is 125 cm³/mol. The number of nitrogens with one attached hydrogen (secondary N) is 1. The lowest BCUT2D eigenvalue weighted by Gasteiger charge is -2.06. The van der Waals surface area contributed by atoms with Gasteiger partial charge in [0.15, 0.2) is 16.1 Å². The van der Waals surface area contributed by atoms with Crippen LogP contribution >= 0.6 is 23.1 Å². The van der Waals surface area contributed by atoms with Gasteiger partial charge in [-0.3, -0.25) is 14.9 Å². The number of anilines is 1. The van der Waals surface area contributed by atoms with E-state index in [1.54, 1.807) is 17.5 Å². The highest BCUT2D eigenvalue weighted by Gasteiger charge is 2.15. The minimum absolute atomic E-state index is 0.00812. The molecule has 0 saturated heterocycles. The monoisotopic (exact) mass is 466 g/mol. The number of thiazole rings is 1. The van der Waals surface area contributed by atoms with Crippen LogP contribution in [0.1, 0.15) is 5.56 Å². The molecule has 0 saturated carbocycles. The van der Waals surface area contributed by atoms with Crippen LogP contribution < -0.4 is 5.32 Å². The van der Waals surface area contributed by atoms with Crippen LogP contribution in [0.4, 0.5) is 10.8 Å². The molecule has 2 aromatic carbocycles. The third-order valence-corrected chi connectivity index (χ3v) is 6.43. The Labute approximate surface area is 191 Å². The number of hydrogen-bond acceptors (Lipinski definition) is 8. The first-order valence-corrected chi connectivity index (χ1v) is 11.4. The Morgan fingerprint density at radius 3 is 2.81 bits per heavy atom. The maximum absolute atomic E-state index is 12.4. The van der Waals surface area contributed by atoms with Crippen molar-refractivity contribution in [3.63, 3.8) is 0 Å². The molecule has 11 heteroatoms. The third-order valence-electron chi connectivity index (χ3n) is 4.66. The van der Waals surface area contributed by atoms with Gasteiger partial charge in [0.1, 0.15) is 0 Å². The Hall–Kier alpha value is -3.57. The molecule has 2 heterocycles. The minimum atomic E-state index is -0.452. The second-order valence-electron chi connectivity index (χ2n) is 6.86. The van der Waals surface area contributed by atoms with E-state index < -0.39 is 4.92 Å². The largest absolute Gasteiger partial charge is 0.305 e. The van der Waals surface area contributed by atoms with Crippen LogP contribution in [0.25, 0.3) is 22.6 Å². The fourth-order valence-corrected chi connectivity index (χ4v) is 4.47. The Morgan fingerprint density at radius 1 is 1.22 bits per heavy atom. The van der Waals surface area contributed by atoms with Crippen molar-refractivity contribution in [3.8, 4) is 22.6 Å². The van der Waals surface area contributed by atoms with Crippen LogP contribution in [0.5, 0.6) is 0 Å². The number of nitro groups is 1. The molecule has 32 heavy (non-hydrogen) atoms. The maximum atomic E-state index is 12.4. The number of nitrogens with zero attached hydrogens (tertiary/aromatic N) is 5. The van der Waals surface area contributed by atoms with Gasteiger partial charge in [-0.15, -0.1) is 21.5 Å². The molecule has 4 aromatic rings. The van der Waals surface area contributed by atoms with E-state index in [2.05, 4.69) is 20.5 Å². The van der Waals surface area contributed by atoms with Gasteiger partial charge in [-0.05, 0) is 12.5 Å². The van der Waals surface area contributed by atoms with E-state index in [1.807, 2.05) is 42.8 Å². The summed E-state index contributed by atoms with van der Waals surface area (Å²) in [5.41, 5.74) is 3.27. The van der Waals surface area contributed by atoms with Crippen molar-refractivity contribution < 1.29 is 9.72 Å². The average Bonchev–Trinajstić information content (AvgIpc) is 3.39. The number of amides is 1. The summed E-state index contributed by atoms with van der Waals surface area (Å²) in [6, 6.07) is 14.1. The number of rotatable bonds is 7. The minimum Gasteiger partial charge on any atom is -0.305 e. The first-order valence-electron chi connectivity index (χ1n) is 9.51. The number of aromatic nitrogens is 4. The highest BCUT2D eigenvalue weighted by Crippen LogP contribution is 2.28. The van der Waals surface area contributed by atoms with E-state index in [0.29, 0.717) is 21.5 Å². The predicted octanol–water partition coefficient (Wildman–Crippen LogP) is 4.55. The molecule has 0 unspecified atom stereocenters. The van der Waals surface area contributed by atoms with Gasteiger partial charge in [0, 0.05) is 35.7 Å². The van der Waals surface area contributed by atoms with Crippen molar-refractivity contribution in [3.05, 3.63) is 69.6 Å². The summed E-state index contributed by atoms with van der Waals surface area (Å²) in [6.07, 6.45) is 0. The summed E-state index contributed by atoms with van der Waals surface area (Å²) in [5, 5.41) is 25.0. The van der Waals surface area contributed by atoms with Crippen LogP contribution in [0.3, 0.4) is 0 Å². The topological polar surface area (TPSA) is 116 Å². The van der Waals surface area contributed by atoms with Gasteiger partial charge >= 0.3 is 0 Å². The number of hydrogen-bond donors (Lipinski definition) is 1. The highest BCUT2D eigenvalue weighted by atomic mass is 32.2. The molecule has 0 atom stereocenters. The van der Waals surface area contributed by atoms with Gasteiger partial charge in [0.2, 0.25) is 5.91 Å². The normalized spacial score (nSPS) is 10.8. The molecule has 1 amide bonds. The third kappa shape index (κ3) is 4.68. The first kappa shape index (κ1) is 21.7. The molecule has 0 fully saturated rings. The highest BCUT2D eigenvalue weighted by molar-refractivity contribution is 7.99. The number of aryl methyl sites for hydroxylation is 1. The molecule has 9 nitrogen and oxygen atoms in total. The van der Waals surface area contributed by atoms with E-state index in [0.717, 1.165) is 17.0 Å². The Bertz CT molecular complexity index is 1300. The van der Waals surface area contributed by atoms with E-state index in [9.17, 15) is 14.9 Å².